The molecular weight excluding hydrogens is 462 g/mol. The Morgan fingerprint density at radius 3 is 2.61 bits per heavy atom. The topological polar surface area (TPSA) is 98.3 Å². The first-order valence-corrected chi connectivity index (χ1v) is 12.3. The molecule has 1 aromatic carbocycles. The van der Waals surface area contributed by atoms with Crippen LogP contribution >= 0.6 is 0 Å². The molecule has 0 N–H and O–H groups in total. The molecule has 2 amide bonds. The van der Waals surface area contributed by atoms with Crippen LogP contribution in [0.1, 0.15) is 47.0 Å². The SMILES string of the molecule is CCOC(=O)C=CN(C(=O)C1CC(Oc2nccc3ccccc23)CN1C(=O)OC(C)(C)C)C1CC1. The quantitative estimate of drug-likeness (QED) is 0.422. The van der Waals surface area contributed by atoms with Crippen molar-refractivity contribution in [2.75, 3.05) is 13.2 Å². The van der Waals surface area contributed by atoms with Crippen molar-refractivity contribution in [3.05, 3.63) is 48.8 Å². The van der Waals surface area contributed by atoms with Gasteiger partial charge in [-0.2, -0.15) is 0 Å². The Bertz CT molecular complexity index is 1150. The lowest BCUT2D eigenvalue weighted by Crippen LogP contribution is -2.48. The summed E-state index contributed by atoms with van der Waals surface area (Å²) in [6.07, 6.45) is 5.29. The van der Waals surface area contributed by atoms with Gasteiger partial charge in [-0.1, -0.05) is 18.2 Å². The van der Waals surface area contributed by atoms with Gasteiger partial charge in [-0.15, -0.1) is 0 Å². The van der Waals surface area contributed by atoms with Crippen molar-refractivity contribution < 1.29 is 28.6 Å². The summed E-state index contributed by atoms with van der Waals surface area (Å²) in [5, 5.41) is 1.84. The molecule has 1 saturated carbocycles. The Hall–Kier alpha value is -3.62. The highest BCUT2D eigenvalue weighted by Crippen LogP contribution is 2.33. The average Bonchev–Trinajstić information content (AvgIpc) is 3.57. The van der Waals surface area contributed by atoms with Crippen molar-refractivity contribution in [2.45, 2.75) is 70.7 Å². The molecule has 2 aromatic rings. The summed E-state index contributed by atoms with van der Waals surface area (Å²) >= 11 is 0. The zero-order valence-corrected chi connectivity index (χ0v) is 21.2. The highest BCUT2D eigenvalue weighted by atomic mass is 16.6. The van der Waals surface area contributed by atoms with Crippen molar-refractivity contribution in [3.63, 3.8) is 0 Å². The highest BCUT2D eigenvalue weighted by molar-refractivity contribution is 5.89. The standard InChI is InChI=1S/C27H33N3O6/c1-5-34-23(31)13-15-29(19-10-11-19)25(32)22-16-20(17-30(22)26(33)36-27(2,3)4)35-24-21-9-7-6-8-18(21)12-14-28-24/h6-9,12-15,19-20,22H,5,10-11,16-17H2,1-4H3. The lowest BCUT2D eigenvalue weighted by molar-refractivity contribution is -0.137. The summed E-state index contributed by atoms with van der Waals surface area (Å²) in [5.74, 6) is -0.341. The number of amides is 2. The number of aromatic nitrogens is 1. The average molecular weight is 496 g/mol. The van der Waals surface area contributed by atoms with Gasteiger partial charge in [0.2, 0.25) is 11.8 Å². The Morgan fingerprint density at radius 2 is 1.92 bits per heavy atom. The molecule has 1 aliphatic carbocycles. The van der Waals surface area contributed by atoms with Gasteiger partial charge >= 0.3 is 12.1 Å². The maximum Gasteiger partial charge on any atom is 0.411 e. The number of fused-ring (bicyclic) bond motifs is 1. The summed E-state index contributed by atoms with van der Waals surface area (Å²) in [4.78, 5) is 46.0. The number of carbonyl (C=O) groups is 3. The fourth-order valence-corrected chi connectivity index (χ4v) is 4.21. The normalized spacial score (nSPS) is 19.9. The fourth-order valence-electron chi connectivity index (χ4n) is 4.21. The van der Waals surface area contributed by atoms with Crippen LogP contribution in [0.2, 0.25) is 0 Å². The van der Waals surface area contributed by atoms with Crippen molar-refractivity contribution >= 4 is 28.7 Å². The first-order valence-electron chi connectivity index (χ1n) is 12.3. The molecule has 1 aliphatic heterocycles. The van der Waals surface area contributed by atoms with Crippen LogP contribution in [0.3, 0.4) is 0 Å². The van der Waals surface area contributed by atoms with E-state index >= 15 is 0 Å². The van der Waals surface area contributed by atoms with Gasteiger partial charge in [-0.05, 0) is 58.1 Å². The molecule has 0 spiro atoms. The van der Waals surface area contributed by atoms with E-state index in [1.807, 2.05) is 30.3 Å². The number of nitrogens with zero attached hydrogens (tertiary/aromatic N) is 3. The van der Waals surface area contributed by atoms with E-state index in [0.717, 1.165) is 23.6 Å². The minimum atomic E-state index is -0.799. The molecule has 2 aliphatic rings. The molecule has 2 atom stereocenters. The van der Waals surface area contributed by atoms with Crippen LogP contribution in [-0.4, -0.2) is 69.7 Å². The number of likely N-dealkylation sites (tertiary alicyclic amines) is 1. The third-order valence-electron chi connectivity index (χ3n) is 5.94. The van der Waals surface area contributed by atoms with E-state index in [4.69, 9.17) is 14.2 Å². The van der Waals surface area contributed by atoms with E-state index in [1.165, 1.54) is 22.1 Å². The molecule has 0 bridgehead atoms. The van der Waals surface area contributed by atoms with Gasteiger partial charge in [0.1, 0.15) is 17.7 Å². The lowest BCUT2D eigenvalue weighted by Gasteiger charge is -2.30. The van der Waals surface area contributed by atoms with E-state index in [1.54, 1.807) is 33.9 Å². The summed E-state index contributed by atoms with van der Waals surface area (Å²) in [6.45, 7) is 7.49. The van der Waals surface area contributed by atoms with E-state index < -0.39 is 29.8 Å². The summed E-state index contributed by atoms with van der Waals surface area (Å²) < 4.78 is 16.8. The molecule has 2 unspecified atom stereocenters. The molecule has 1 aromatic heterocycles. The predicted octanol–water partition coefficient (Wildman–Crippen LogP) is 4.06. The number of hydrogen-bond donors (Lipinski definition) is 0. The zero-order valence-electron chi connectivity index (χ0n) is 21.2. The largest absolute Gasteiger partial charge is 0.472 e. The van der Waals surface area contributed by atoms with Crippen LogP contribution in [0.15, 0.2) is 48.8 Å². The van der Waals surface area contributed by atoms with Crippen LogP contribution in [0, 0.1) is 0 Å². The third kappa shape index (κ3) is 6.13. The maximum absolute atomic E-state index is 13.7. The highest BCUT2D eigenvalue weighted by Gasteiger charge is 2.46. The lowest BCUT2D eigenvalue weighted by atomic mass is 10.1. The second kappa shape index (κ2) is 10.6. The van der Waals surface area contributed by atoms with Crippen molar-refractivity contribution in [2.24, 2.45) is 0 Å². The first kappa shape index (κ1) is 25.5. The van der Waals surface area contributed by atoms with Gasteiger partial charge in [-0.25, -0.2) is 14.6 Å². The number of hydrogen-bond acceptors (Lipinski definition) is 7. The van der Waals surface area contributed by atoms with Crippen molar-refractivity contribution in [1.82, 2.24) is 14.8 Å². The van der Waals surface area contributed by atoms with Crippen LogP contribution in [0.25, 0.3) is 10.8 Å². The van der Waals surface area contributed by atoms with Gasteiger partial charge in [0, 0.05) is 36.3 Å². The summed E-state index contributed by atoms with van der Waals surface area (Å²) in [6, 6.07) is 8.85. The summed E-state index contributed by atoms with van der Waals surface area (Å²) in [5.41, 5.74) is -0.721. The number of pyridine rings is 1. The monoisotopic (exact) mass is 495 g/mol. The third-order valence-corrected chi connectivity index (χ3v) is 5.94. The Morgan fingerprint density at radius 1 is 1.17 bits per heavy atom. The molecular formula is C27H33N3O6. The predicted molar refractivity (Wildman–Crippen MR) is 133 cm³/mol. The van der Waals surface area contributed by atoms with Crippen molar-refractivity contribution in [3.8, 4) is 5.88 Å². The Kier molecular flexibility index (Phi) is 7.47. The van der Waals surface area contributed by atoms with Gasteiger partial charge in [0.15, 0.2) is 0 Å². The van der Waals surface area contributed by atoms with Gasteiger partial charge in [0.05, 0.1) is 13.2 Å². The van der Waals surface area contributed by atoms with E-state index in [9.17, 15) is 14.4 Å². The molecule has 4 rings (SSSR count). The van der Waals surface area contributed by atoms with E-state index in [-0.39, 0.29) is 31.5 Å². The number of esters is 1. The molecule has 36 heavy (non-hydrogen) atoms. The Labute approximate surface area is 211 Å². The number of ether oxygens (including phenoxy) is 3. The molecule has 2 heterocycles. The minimum absolute atomic E-state index is 0.0108. The minimum Gasteiger partial charge on any atom is -0.472 e. The second-order valence-corrected chi connectivity index (χ2v) is 10.0. The molecule has 9 heteroatoms. The molecule has 2 fully saturated rings. The zero-order chi connectivity index (χ0) is 25.9. The van der Waals surface area contributed by atoms with E-state index in [0.29, 0.717) is 5.88 Å². The summed E-state index contributed by atoms with van der Waals surface area (Å²) in [7, 11) is 0. The number of benzene rings is 1. The second-order valence-electron chi connectivity index (χ2n) is 10.0. The van der Waals surface area contributed by atoms with E-state index in [2.05, 4.69) is 4.98 Å². The fraction of sp³-hybridized carbons (Fsp3) is 0.481. The smallest absolute Gasteiger partial charge is 0.411 e. The van der Waals surface area contributed by atoms with Crippen molar-refractivity contribution in [1.29, 1.82) is 0 Å². The van der Waals surface area contributed by atoms with Crippen LogP contribution in [-0.2, 0) is 19.1 Å². The van der Waals surface area contributed by atoms with Crippen LogP contribution < -0.4 is 4.74 Å². The van der Waals surface area contributed by atoms with Gasteiger partial charge in [-0.3, -0.25) is 9.69 Å². The van der Waals surface area contributed by atoms with Crippen LogP contribution in [0.5, 0.6) is 5.88 Å². The maximum atomic E-state index is 13.7. The van der Waals surface area contributed by atoms with Gasteiger partial charge in [0.25, 0.3) is 0 Å². The molecule has 0 radical (unpaired) electrons. The van der Waals surface area contributed by atoms with Gasteiger partial charge < -0.3 is 19.1 Å². The molecule has 192 valence electrons. The molecule has 1 saturated heterocycles. The first-order chi connectivity index (χ1) is 17.2. The Balaban J connectivity index is 1.57. The molecule has 9 nitrogen and oxygen atoms in total. The van der Waals surface area contributed by atoms with Crippen LogP contribution in [0.4, 0.5) is 4.79 Å². The number of carbonyl (C=O) groups excluding carboxylic acids is 3. The number of rotatable bonds is 7.